The minimum absolute atomic E-state index is 0.164. The number of nitrogens with one attached hydrogen (secondary N) is 2. The lowest BCUT2D eigenvalue weighted by Gasteiger charge is -2.11. The van der Waals surface area contributed by atoms with Crippen LogP contribution in [0.3, 0.4) is 0 Å². The zero-order valence-corrected chi connectivity index (χ0v) is 16.2. The molecule has 2 aromatic carbocycles. The van der Waals surface area contributed by atoms with Gasteiger partial charge in [-0.25, -0.2) is 22.0 Å². The van der Waals surface area contributed by atoms with Gasteiger partial charge >= 0.3 is 0 Å². The molecular weight excluding hydrogens is 435 g/mol. The zero-order valence-electron chi connectivity index (χ0n) is 14.7. The summed E-state index contributed by atoms with van der Waals surface area (Å²) in [7, 11) is 0. The van der Waals surface area contributed by atoms with Crippen molar-refractivity contribution in [3.63, 3.8) is 0 Å². The molecule has 0 aliphatic carbocycles. The third kappa shape index (κ3) is 4.48. The fourth-order valence-electron chi connectivity index (χ4n) is 2.47. The predicted molar refractivity (Wildman–Crippen MR) is 104 cm³/mol. The van der Waals surface area contributed by atoms with E-state index >= 15 is 0 Å². The SMILES string of the molecule is Cc1ccc(Cl)cc1NC(=S)Nc1ccn(Cc2c(F)c(F)c(F)c(F)c2F)n1. The van der Waals surface area contributed by atoms with Crippen LogP contribution < -0.4 is 10.6 Å². The minimum atomic E-state index is -2.21. The molecule has 0 bridgehead atoms. The van der Waals surface area contributed by atoms with Gasteiger partial charge in [0.15, 0.2) is 34.2 Å². The molecule has 3 rings (SSSR count). The largest absolute Gasteiger partial charge is 0.332 e. The molecule has 0 saturated heterocycles. The summed E-state index contributed by atoms with van der Waals surface area (Å²) in [6.07, 6.45) is 1.30. The van der Waals surface area contributed by atoms with Crippen molar-refractivity contribution >= 4 is 40.4 Å². The smallest absolute Gasteiger partial charge is 0.200 e. The van der Waals surface area contributed by atoms with E-state index in [9.17, 15) is 22.0 Å². The number of rotatable bonds is 4. The molecule has 0 spiro atoms. The van der Waals surface area contributed by atoms with Gasteiger partial charge in [-0.1, -0.05) is 17.7 Å². The lowest BCUT2D eigenvalue weighted by Crippen LogP contribution is -2.20. The van der Waals surface area contributed by atoms with Crippen LogP contribution in [0.4, 0.5) is 33.5 Å². The highest BCUT2D eigenvalue weighted by Crippen LogP contribution is 2.24. The molecule has 11 heteroatoms. The van der Waals surface area contributed by atoms with E-state index < -0.39 is 41.2 Å². The van der Waals surface area contributed by atoms with E-state index in [1.165, 1.54) is 12.3 Å². The highest BCUT2D eigenvalue weighted by atomic mass is 35.5. The van der Waals surface area contributed by atoms with Crippen LogP contribution in [0.5, 0.6) is 0 Å². The Balaban J connectivity index is 1.73. The van der Waals surface area contributed by atoms with Crippen molar-refractivity contribution in [2.24, 2.45) is 0 Å². The van der Waals surface area contributed by atoms with Crippen molar-refractivity contribution in [3.05, 3.63) is 75.7 Å². The lowest BCUT2D eigenvalue weighted by atomic mass is 10.1. The number of hydrogen-bond acceptors (Lipinski definition) is 2. The molecule has 4 nitrogen and oxygen atoms in total. The number of nitrogens with zero attached hydrogens (tertiary/aromatic N) is 2. The van der Waals surface area contributed by atoms with E-state index in [0.29, 0.717) is 10.7 Å². The van der Waals surface area contributed by atoms with Gasteiger partial charge in [0, 0.05) is 23.0 Å². The van der Waals surface area contributed by atoms with E-state index in [1.54, 1.807) is 18.2 Å². The van der Waals surface area contributed by atoms with Gasteiger partial charge in [-0.3, -0.25) is 4.68 Å². The summed E-state index contributed by atoms with van der Waals surface area (Å²) in [6, 6.07) is 6.61. The van der Waals surface area contributed by atoms with Crippen molar-refractivity contribution in [2.45, 2.75) is 13.5 Å². The van der Waals surface area contributed by atoms with Gasteiger partial charge in [0.05, 0.1) is 12.1 Å². The predicted octanol–water partition coefficient (Wildman–Crippen LogP) is 5.40. The maximum absolute atomic E-state index is 13.8. The second kappa shape index (κ2) is 8.34. The van der Waals surface area contributed by atoms with Gasteiger partial charge in [-0.05, 0) is 36.8 Å². The number of aromatic nitrogens is 2. The number of benzene rings is 2. The molecule has 152 valence electrons. The Kier molecular flexibility index (Phi) is 6.04. The molecule has 0 fully saturated rings. The zero-order chi connectivity index (χ0) is 21.3. The normalized spacial score (nSPS) is 10.9. The van der Waals surface area contributed by atoms with Gasteiger partial charge < -0.3 is 10.6 Å². The fraction of sp³-hybridized carbons (Fsp3) is 0.111. The Bertz CT molecular complexity index is 1070. The third-order valence-electron chi connectivity index (χ3n) is 3.95. The van der Waals surface area contributed by atoms with Crippen LogP contribution in [-0.2, 0) is 6.54 Å². The van der Waals surface area contributed by atoms with Crippen molar-refractivity contribution in [1.82, 2.24) is 9.78 Å². The Morgan fingerprint density at radius 2 is 1.62 bits per heavy atom. The number of halogens is 6. The van der Waals surface area contributed by atoms with E-state index in [4.69, 9.17) is 23.8 Å². The van der Waals surface area contributed by atoms with Crippen LogP contribution in [0, 0.1) is 36.0 Å². The summed E-state index contributed by atoms with van der Waals surface area (Å²) < 4.78 is 68.4. The molecule has 29 heavy (non-hydrogen) atoms. The highest BCUT2D eigenvalue weighted by Gasteiger charge is 2.25. The van der Waals surface area contributed by atoms with E-state index in [0.717, 1.165) is 10.2 Å². The minimum Gasteiger partial charge on any atom is -0.332 e. The van der Waals surface area contributed by atoms with Crippen molar-refractivity contribution in [1.29, 1.82) is 0 Å². The van der Waals surface area contributed by atoms with E-state index in [-0.39, 0.29) is 10.9 Å². The average Bonchev–Trinajstić information content (AvgIpc) is 3.11. The van der Waals surface area contributed by atoms with Crippen molar-refractivity contribution < 1.29 is 22.0 Å². The molecule has 1 aromatic heterocycles. The summed E-state index contributed by atoms with van der Waals surface area (Å²) in [5, 5.41) is 10.3. The van der Waals surface area contributed by atoms with Gasteiger partial charge in [0.2, 0.25) is 5.82 Å². The van der Waals surface area contributed by atoms with Crippen molar-refractivity contribution in [3.8, 4) is 0 Å². The Hall–Kier alpha value is -2.72. The van der Waals surface area contributed by atoms with Crippen LogP contribution in [0.2, 0.25) is 5.02 Å². The maximum atomic E-state index is 13.8. The molecule has 2 N–H and O–H groups in total. The third-order valence-corrected chi connectivity index (χ3v) is 4.39. The highest BCUT2D eigenvalue weighted by molar-refractivity contribution is 7.80. The second-order valence-electron chi connectivity index (χ2n) is 5.99. The quantitative estimate of drug-likeness (QED) is 0.244. The van der Waals surface area contributed by atoms with E-state index in [2.05, 4.69) is 15.7 Å². The molecule has 0 aliphatic rings. The van der Waals surface area contributed by atoms with Gasteiger partial charge in [-0.2, -0.15) is 5.10 Å². The van der Waals surface area contributed by atoms with Crippen LogP contribution in [-0.4, -0.2) is 14.9 Å². The summed E-state index contributed by atoms with van der Waals surface area (Å²) >= 11 is 11.1. The first-order chi connectivity index (χ1) is 13.7. The Labute approximate surface area is 172 Å². The second-order valence-corrected chi connectivity index (χ2v) is 6.83. The molecule has 0 radical (unpaired) electrons. The first-order valence-corrected chi connectivity index (χ1v) is 8.84. The van der Waals surface area contributed by atoms with Gasteiger partial charge in [0.25, 0.3) is 0 Å². The number of anilines is 2. The summed E-state index contributed by atoms with van der Waals surface area (Å²) in [4.78, 5) is 0. The Morgan fingerprint density at radius 3 is 2.28 bits per heavy atom. The molecule has 0 unspecified atom stereocenters. The molecule has 0 amide bonds. The molecule has 0 atom stereocenters. The maximum Gasteiger partial charge on any atom is 0.200 e. The number of thiocarbonyl (C=S) groups is 1. The average molecular weight is 447 g/mol. The topological polar surface area (TPSA) is 41.9 Å². The molecule has 3 aromatic rings. The van der Waals surface area contributed by atoms with Crippen LogP contribution >= 0.6 is 23.8 Å². The summed E-state index contributed by atoms with van der Waals surface area (Å²) in [5.74, 6) is -9.83. The first kappa shape index (κ1) is 21.0. The molecule has 1 heterocycles. The van der Waals surface area contributed by atoms with Crippen LogP contribution in [0.25, 0.3) is 0 Å². The lowest BCUT2D eigenvalue weighted by molar-refractivity contribution is 0.367. The number of hydrogen-bond donors (Lipinski definition) is 2. The first-order valence-electron chi connectivity index (χ1n) is 8.05. The van der Waals surface area contributed by atoms with Crippen molar-refractivity contribution in [2.75, 3.05) is 10.6 Å². The molecule has 0 aliphatic heterocycles. The summed E-state index contributed by atoms with van der Waals surface area (Å²) in [5.41, 5.74) is 0.553. The Morgan fingerprint density at radius 1 is 1.00 bits per heavy atom. The monoisotopic (exact) mass is 446 g/mol. The molecule has 0 saturated carbocycles. The number of aryl methyl sites for hydroxylation is 1. The molecular formula is C18H12ClF5N4S. The van der Waals surface area contributed by atoms with Crippen LogP contribution in [0.15, 0.2) is 30.5 Å². The fourth-order valence-corrected chi connectivity index (χ4v) is 2.85. The van der Waals surface area contributed by atoms with Gasteiger partial charge in [0.1, 0.15) is 0 Å². The standard InChI is InChI=1S/C18H12ClF5N4S/c1-8-2-3-9(19)6-11(8)25-18(29)26-12-4-5-28(27-12)7-10-13(20)15(22)17(24)16(23)14(10)21/h2-6H,7H2,1H3,(H2,25,26,27,29). The van der Waals surface area contributed by atoms with E-state index in [1.807, 2.05) is 6.92 Å². The van der Waals surface area contributed by atoms with Gasteiger partial charge in [-0.15, -0.1) is 0 Å². The van der Waals surface area contributed by atoms with Crippen LogP contribution in [0.1, 0.15) is 11.1 Å². The summed E-state index contributed by atoms with van der Waals surface area (Å²) in [6.45, 7) is 1.18.